The summed E-state index contributed by atoms with van der Waals surface area (Å²) in [6, 6.07) is -1.56. The molecule has 2 unspecified atom stereocenters. The van der Waals surface area contributed by atoms with Gasteiger partial charge in [0, 0.05) is 18.2 Å². The number of aliphatic hydroxyl groups is 2. The fraction of sp³-hybridized carbons (Fsp3) is 0.778. The van der Waals surface area contributed by atoms with E-state index >= 15 is 0 Å². The van der Waals surface area contributed by atoms with Gasteiger partial charge in [0.25, 0.3) is 0 Å². The summed E-state index contributed by atoms with van der Waals surface area (Å²) in [7, 11) is 0. The topological polar surface area (TPSA) is 107 Å². The van der Waals surface area contributed by atoms with Crippen molar-refractivity contribution in [3.63, 3.8) is 0 Å². The van der Waals surface area contributed by atoms with E-state index in [4.69, 9.17) is 19.8 Å². The van der Waals surface area contributed by atoms with Crippen LogP contribution in [0.5, 0.6) is 0 Å². The van der Waals surface area contributed by atoms with Crippen LogP contribution in [0, 0.1) is 0 Å². The highest BCUT2D eigenvalue weighted by atomic mass is 32.2. The summed E-state index contributed by atoms with van der Waals surface area (Å²) in [5.74, 6) is -2.89. The Hall–Kier alpha value is -0.790. The lowest BCUT2D eigenvalue weighted by atomic mass is 10.3. The average Bonchev–Trinajstić information content (AvgIpc) is 2.31. The van der Waals surface area contributed by atoms with E-state index in [1.165, 1.54) is 0 Å². The van der Waals surface area contributed by atoms with E-state index in [1.807, 2.05) is 5.32 Å². The Balaban J connectivity index is 5.32. The zero-order chi connectivity index (χ0) is 18.9. The first-order valence-electron chi connectivity index (χ1n) is 7.56. The summed E-state index contributed by atoms with van der Waals surface area (Å²) in [6.07, 6.45) is -7.49. The first kappa shape index (κ1) is 6.83. The van der Waals surface area contributed by atoms with Crippen molar-refractivity contribution in [3.05, 3.63) is 0 Å². The summed E-state index contributed by atoms with van der Waals surface area (Å²) in [4.78, 5) is 21.8. The lowest BCUT2D eigenvalue weighted by Crippen LogP contribution is -2.41. The zero-order valence-electron chi connectivity index (χ0n) is 15.4. The molecule has 0 fully saturated rings. The van der Waals surface area contributed by atoms with Crippen LogP contribution in [0.4, 0.5) is 0 Å². The summed E-state index contributed by atoms with van der Waals surface area (Å²) < 4.78 is 51.1. The fourth-order valence-corrected chi connectivity index (χ4v) is 1.30. The lowest BCUT2D eigenvalue weighted by molar-refractivity contribution is -0.140. The van der Waals surface area contributed by atoms with Gasteiger partial charge in [-0.2, -0.15) is 11.8 Å². The molecule has 7 heteroatoms. The number of amides is 1. The molecule has 0 heterocycles. The highest BCUT2D eigenvalue weighted by molar-refractivity contribution is 7.99. The van der Waals surface area contributed by atoms with Crippen LogP contribution in [0.3, 0.4) is 0 Å². The van der Waals surface area contributed by atoms with Crippen LogP contribution in [-0.2, 0) is 9.59 Å². The third kappa shape index (κ3) is 7.49. The van der Waals surface area contributed by atoms with Gasteiger partial charge in [-0.15, -0.1) is 0 Å². The highest BCUT2D eigenvalue weighted by Gasteiger charge is 2.17. The number of hydrogen-bond donors (Lipinski definition) is 4. The maximum absolute atomic E-state index is 10.9. The van der Waals surface area contributed by atoms with Crippen molar-refractivity contribution in [2.45, 2.75) is 25.4 Å². The third-order valence-corrected chi connectivity index (χ3v) is 2.02. The normalized spacial score (nSPS) is 25.3. The molecule has 0 aromatic rings. The fourth-order valence-electron chi connectivity index (χ4n) is 0.657. The Morgan fingerprint density at radius 2 is 2.25 bits per heavy atom. The van der Waals surface area contributed by atoms with Crippen LogP contribution in [0.15, 0.2) is 0 Å². The SMILES string of the molecule is [2H]C([2H])(O)C([2H])(O)C([2H])([2H])C([2H])([2H])SCC(NC(C)=O)C(=O)O. The molecule has 0 aromatic carbocycles. The zero-order valence-corrected chi connectivity index (χ0v) is 9.17. The minimum absolute atomic E-state index is 0.0121. The lowest BCUT2D eigenvalue weighted by Gasteiger charge is -2.13. The summed E-state index contributed by atoms with van der Waals surface area (Å²) >= 11 is 0.0121. The quantitative estimate of drug-likeness (QED) is 0.447. The van der Waals surface area contributed by atoms with Crippen molar-refractivity contribution in [3.8, 4) is 0 Å². The minimum Gasteiger partial charge on any atom is -0.480 e. The Morgan fingerprint density at radius 3 is 2.69 bits per heavy atom. The molecule has 16 heavy (non-hydrogen) atoms. The number of thioether (sulfide) groups is 1. The second-order valence-corrected chi connectivity index (χ2v) is 3.42. The van der Waals surface area contributed by atoms with Gasteiger partial charge >= 0.3 is 5.97 Å². The predicted octanol–water partition coefficient (Wildman–Crippen LogP) is -0.948. The van der Waals surface area contributed by atoms with E-state index < -0.39 is 48.4 Å². The molecule has 0 bridgehead atoms. The largest absolute Gasteiger partial charge is 0.480 e. The smallest absolute Gasteiger partial charge is 0.327 e. The van der Waals surface area contributed by atoms with Crippen LogP contribution in [-0.4, -0.2) is 57.3 Å². The first-order valence-corrected chi connectivity index (χ1v) is 5.04. The number of rotatable bonds is 8. The van der Waals surface area contributed by atoms with E-state index in [2.05, 4.69) is 0 Å². The summed E-state index contributed by atoms with van der Waals surface area (Å²) in [5, 5.41) is 29.5. The molecular formula is C9H17NO5S. The molecule has 1 amide bonds. The van der Waals surface area contributed by atoms with Gasteiger partial charge in [0.1, 0.15) is 6.04 Å². The third-order valence-electron chi connectivity index (χ3n) is 1.27. The second kappa shape index (κ2) is 8.37. The van der Waals surface area contributed by atoms with Crippen molar-refractivity contribution in [1.82, 2.24) is 5.32 Å². The van der Waals surface area contributed by atoms with Crippen molar-refractivity contribution in [1.29, 1.82) is 0 Å². The Bertz CT molecular complexity index is 468. The minimum atomic E-state index is -3.87. The number of aliphatic carboxylic acids is 1. The van der Waals surface area contributed by atoms with Crippen molar-refractivity contribution in [2.75, 3.05) is 18.0 Å². The number of carbonyl (C=O) groups excluding carboxylic acids is 1. The first-order chi connectivity index (χ1) is 9.97. The predicted molar refractivity (Wildman–Crippen MR) is 60.3 cm³/mol. The van der Waals surface area contributed by atoms with Gasteiger partial charge in [0.2, 0.25) is 5.91 Å². The maximum atomic E-state index is 10.9. The van der Waals surface area contributed by atoms with Gasteiger partial charge in [-0.1, -0.05) is 0 Å². The van der Waals surface area contributed by atoms with E-state index in [0.717, 1.165) is 6.92 Å². The maximum Gasteiger partial charge on any atom is 0.327 e. The number of hydrogen-bond acceptors (Lipinski definition) is 5. The Morgan fingerprint density at radius 1 is 1.62 bits per heavy atom. The molecule has 0 saturated heterocycles. The number of carboxylic acid groups (broad SMARTS) is 1. The van der Waals surface area contributed by atoms with Crippen LogP contribution in [0.1, 0.15) is 22.9 Å². The molecule has 0 aliphatic carbocycles. The Labute approximate surface area is 108 Å². The number of carboxylic acids is 1. The van der Waals surface area contributed by atoms with E-state index in [9.17, 15) is 14.7 Å². The number of nitrogens with one attached hydrogen (secondary N) is 1. The van der Waals surface area contributed by atoms with Crippen LogP contribution >= 0.6 is 11.8 Å². The number of carbonyl (C=O) groups is 2. The molecule has 0 aliphatic heterocycles. The van der Waals surface area contributed by atoms with Crippen molar-refractivity contribution >= 4 is 23.6 Å². The van der Waals surface area contributed by atoms with Gasteiger partial charge in [-0.3, -0.25) is 4.79 Å². The van der Waals surface area contributed by atoms with E-state index in [1.54, 1.807) is 0 Å². The molecule has 0 radical (unpaired) electrons. The molecule has 6 nitrogen and oxygen atoms in total. The summed E-state index contributed by atoms with van der Waals surface area (Å²) in [5.41, 5.74) is -3.16. The molecule has 0 saturated carbocycles. The van der Waals surface area contributed by atoms with Crippen molar-refractivity contribution in [2.24, 2.45) is 0 Å². The average molecular weight is 258 g/mol. The molecule has 0 rings (SSSR count). The molecule has 4 N–H and O–H groups in total. The Kier molecular flexibility index (Phi) is 3.57. The standard InChI is InChI=1S/C9H17NO5S/c1-6(12)10-8(9(14)15)5-16-3-2-7(13)4-11/h7-8,11,13H,2-5H2,1H3,(H,10,12)(H,14,15)/i2D2,3D2,4D2,7D. The molecule has 0 aliphatic rings. The van der Waals surface area contributed by atoms with E-state index in [0.29, 0.717) is 0 Å². The monoisotopic (exact) mass is 258 g/mol. The molecule has 0 aromatic heterocycles. The molecule has 2 atom stereocenters. The molecule has 94 valence electrons. The van der Waals surface area contributed by atoms with Gasteiger partial charge in [-0.05, 0) is 12.1 Å². The molecular weight excluding hydrogens is 234 g/mol. The van der Waals surface area contributed by atoms with E-state index in [-0.39, 0.29) is 11.8 Å². The molecule has 0 spiro atoms. The van der Waals surface area contributed by atoms with Crippen LogP contribution in [0.25, 0.3) is 0 Å². The van der Waals surface area contributed by atoms with Crippen LogP contribution in [0.2, 0.25) is 0 Å². The van der Waals surface area contributed by atoms with Gasteiger partial charge in [0.15, 0.2) is 0 Å². The van der Waals surface area contributed by atoms with Crippen molar-refractivity contribution < 1.29 is 34.5 Å². The summed E-state index contributed by atoms with van der Waals surface area (Å²) in [6.45, 7) is -2.76. The van der Waals surface area contributed by atoms with Crippen LogP contribution < -0.4 is 5.32 Å². The highest BCUT2D eigenvalue weighted by Crippen LogP contribution is 2.07. The second-order valence-electron chi connectivity index (χ2n) is 2.59. The van der Waals surface area contributed by atoms with Gasteiger partial charge in [0.05, 0.1) is 16.8 Å². The van der Waals surface area contributed by atoms with Gasteiger partial charge in [-0.25, -0.2) is 4.79 Å². The van der Waals surface area contributed by atoms with Gasteiger partial charge < -0.3 is 20.6 Å².